The van der Waals surface area contributed by atoms with Gasteiger partial charge in [0.2, 0.25) is 10.4 Å². The molecule has 0 aliphatic carbocycles. The van der Waals surface area contributed by atoms with E-state index in [1.54, 1.807) is 6.07 Å². The van der Waals surface area contributed by atoms with Gasteiger partial charge in [0.05, 0.1) is 6.61 Å². The van der Waals surface area contributed by atoms with Gasteiger partial charge in [0, 0.05) is 0 Å². The summed E-state index contributed by atoms with van der Waals surface area (Å²) < 4.78 is 35.5. The van der Waals surface area contributed by atoms with Crippen LogP contribution in [0, 0.1) is 0 Å². The van der Waals surface area contributed by atoms with E-state index in [-0.39, 0.29) is 41.6 Å². The number of hydrogen-bond donors (Lipinski definition) is 1. The Bertz CT molecular complexity index is 681. The van der Waals surface area contributed by atoms with E-state index in [4.69, 9.17) is 8.25 Å². The van der Waals surface area contributed by atoms with Gasteiger partial charge >= 0.3 is 125 Å². The Morgan fingerprint density at radius 3 is 1.90 bits per heavy atom. The van der Waals surface area contributed by atoms with E-state index in [1.165, 1.54) is 50.5 Å². The van der Waals surface area contributed by atoms with Crippen molar-refractivity contribution in [1.29, 1.82) is 0 Å². The zero-order valence-corrected chi connectivity index (χ0v) is 29.2. The second-order valence-electron chi connectivity index (χ2n) is 8.64. The molecule has 1 aromatic rings. The summed E-state index contributed by atoms with van der Waals surface area (Å²) in [5, 5.41) is 9.47. The summed E-state index contributed by atoms with van der Waals surface area (Å²) >= 11 is -1.49. The number of benzene rings is 1. The topological polar surface area (TPSA) is 86.7 Å². The van der Waals surface area contributed by atoms with Gasteiger partial charge in [-0.05, 0) is 6.42 Å². The molecule has 0 saturated heterocycles. The predicted molar refractivity (Wildman–Crippen MR) is 120 cm³/mol. The van der Waals surface area contributed by atoms with Crippen LogP contribution in [0.15, 0.2) is 18.2 Å². The van der Waals surface area contributed by atoms with Crippen molar-refractivity contribution in [3.8, 4) is 5.75 Å². The fraction of sp³-hybridized carbons (Fsp3) is 0.727. The molecule has 0 aromatic heterocycles. The van der Waals surface area contributed by atoms with Gasteiger partial charge in [-0.3, -0.25) is 4.18 Å². The van der Waals surface area contributed by atoms with Crippen molar-refractivity contribution in [3.63, 3.8) is 0 Å². The third-order valence-electron chi connectivity index (χ3n) is 4.82. The molecule has 0 amide bonds. The normalized spacial score (nSPS) is 11.2. The van der Waals surface area contributed by atoms with E-state index in [9.17, 15) is 18.1 Å². The molecular formula is C22H38ClHgNaO5S. The van der Waals surface area contributed by atoms with E-state index in [0.29, 0.717) is 12.2 Å². The molecule has 0 heterocycles. The molecule has 0 spiro atoms. The molecular weight excluding hydrogens is 635 g/mol. The molecule has 0 aliphatic rings. The van der Waals surface area contributed by atoms with Crippen LogP contribution in [0.2, 0.25) is 0 Å². The first kappa shape index (κ1) is 34.3. The maximum absolute atomic E-state index is 10.1. The minimum absolute atomic E-state index is 0. The molecule has 9 heteroatoms. The molecule has 0 atom stereocenters. The van der Waals surface area contributed by atoms with Crippen LogP contribution >= 0.6 is 8.25 Å². The standard InChI is InChI=1S/C12H26O4S.C10H13O.ClH.Hg.Na/c1-2-3-4-5-6-7-8-9-10-11-12-16-17(13,14)15;1-10(2,3)8-4-6-9(11)7-5-8;;;/h2-12H2,1H3,(H,13,14,15);4-6,11H,1-3H3;1H;;/q;;;2*+1/p-2. The first-order valence-corrected chi connectivity index (χ1v) is 21.8. The predicted octanol–water partition coefficient (Wildman–Crippen LogP) is 2.94. The Hall–Kier alpha value is 1.12. The van der Waals surface area contributed by atoms with Crippen LogP contribution in [0.25, 0.3) is 0 Å². The number of phenols is 1. The molecule has 1 N–H and O–H groups in total. The molecule has 172 valence electrons. The van der Waals surface area contributed by atoms with Crippen molar-refractivity contribution in [2.45, 2.75) is 97.3 Å². The SMILES string of the molecule is CC(C)(C)c1ccc(O)[c]([Hg][Cl])c1.CCCCCCCCCCCCOS(=O)(=O)[O-].[Na+]. The minimum Gasteiger partial charge on any atom is -0.726 e. The maximum atomic E-state index is 10.1. The van der Waals surface area contributed by atoms with Gasteiger partial charge in [-0.1, -0.05) is 64.7 Å². The molecule has 1 rings (SSSR count). The zero-order valence-electron chi connectivity index (χ0n) is 20.1. The molecule has 31 heavy (non-hydrogen) atoms. The van der Waals surface area contributed by atoms with Gasteiger partial charge in [0.25, 0.3) is 0 Å². The fourth-order valence-electron chi connectivity index (χ4n) is 2.91. The molecule has 0 aliphatic heterocycles. The molecule has 0 unspecified atom stereocenters. The van der Waals surface area contributed by atoms with E-state index >= 15 is 0 Å². The van der Waals surface area contributed by atoms with Crippen LogP contribution in [-0.2, 0) is 43.3 Å². The summed E-state index contributed by atoms with van der Waals surface area (Å²) in [7, 11) is 1.43. The Morgan fingerprint density at radius 1 is 1.00 bits per heavy atom. The molecule has 0 fully saturated rings. The third kappa shape index (κ3) is 20.2. The largest absolute Gasteiger partial charge is 1.00 e. The quantitative estimate of drug-likeness (QED) is 0.151. The molecule has 0 bridgehead atoms. The number of aromatic hydroxyl groups is 1. The first-order chi connectivity index (χ1) is 14.0. The van der Waals surface area contributed by atoms with Crippen LogP contribution in [-0.4, -0.2) is 24.7 Å². The zero-order chi connectivity index (χ0) is 23.0. The van der Waals surface area contributed by atoms with Crippen molar-refractivity contribution in [1.82, 2.24) is 0 Å². The van der Waals surface area contributed by atoms with Crippen molar-refractivity contribution < 1.29 is 75.2 Å². The molecule has 0 radical (unpaired) electrons. The average Bonchev–Trinajstić information content (AvgIpc) is 2.65. The Kier molecular flexibility index (Phi) is 21.5. The van der Waals surface area contributed by atoms with Gasteiger partial charge in [0.1, 0.15) is 0 Å². The Labute approximate surface area is 228 Å². The Balaban J connectivity index is 0. The van der Waals surface area contributed by atoms with Crippen molar-refractivity contribution in [2.75, 3.05) is 6.61 Å². The second-order valence-corrected chi connectivity index (χ2v) is 16.0. The van der Waals surface area contributed by atoms with E-state index in [0.717, 1.165) is 15.9 Å². The van der Waals surface area contributed by atoms with Crippen molar-refractivity contribution >= 4 is 21.7 Å². The number of halogens is 1. The van der Waals surface area contributed by atoms with Crippen molar-refractivity contribution in [2.24, 2.45) is 0 Å². The summed E-state index contributed by atoms with van der Waals surface area (Å²) in [6.07, 6.45) is 11.7. The number of rotatable bonds is 13. The number of hydrogen-bond acceptors (Lipinski definition) is 5. The summed E-state index contributed by atoms with van der Waals surface area (Å²) in [5.41, 5.74) is 1.39. The van der Waals surface area contributed by atoms with Gasteiger partial charge in [-0.15, -0.1) is 0 Å². The maximum Gasteiger partial charge on any atom is 1.00 e. The van der Waals surface area contributed by atoms with E-state index in [1.807, 2.05) is 6.07 Å². The summed E-state index contributed by atoms with van der Waals surface area (Å²) in [4.78, 5) is 0. The first-order valence-electron chi connectivity index (χ1n) is 11.0. The van der Waals surface area contributed by atoms with E-state index in [2.05, 4.69) is 37.9 Å². The van der Waals surface area contributed by atoms with E-state index < -0.39 is 33.7 Å². The van der Waals surface area contributed by atoms with Crippen LogP contribution in [0.5, 0.6) is 5.75 Å². The fourth-order valence-corrected chi connectivity index (χ4v) is 7.26. The van der Waals surface area contributed by atoms with Gasteiger partial charge in [-0.25, -0.2) is 8.42 Å². The minimum atomic E-state index is -4.48. The summed E-state index contributed by atoms with van der Waals surface area (Å²) in [6.45, 7) is 8.73. The monoisotopic (exact) mass is 674 g/mol. The Morgan fingerprint density at radius 2 is 1.48 bits per heavy atom. The van der Waals surface area contributed by atoms with Crippen molar-refractivity contribution in [3.05, 3.63) is 23.8 Å². The molecule has 1 aromatic carbocycles. The van der Waals surface area contributed by atoms with Crippen LogP contribution < -0.4 is 32.6 Å². The summed E-state index contributed by atoms with van der Waals surface area (Å²) in [5.74, 6) is 0.379. The van der Waals surface area contributed by atoms with Crippen LogP contribution in [0.3, 0.4) is 0 Å². The number of unbranched alkanes of at least 4 members (excludes halogenated alkanes) is 9. The average molecular weight is 674 g/mol. The summed E-state index contributed by atoms with van der Waals surface area (Å²) in [6, 6.07) is 5.79. The van der Waals surface area contributed by atoms with Crippen LogP contribution in [0.4, 0.5) is 0 Å². The van der Waals surface area contributed by atoms with Gasteiger partial charge < -0.3 is 4.55 Å². The molecule has 5 nitrogen and oxygen atoms in total. The smallest absolute Gasteiger partial charge is 0.726 e. The second kappa shape index (κ2) is 19.4. The number of phenolic OH excluding ortho intramolecular Hbond substituents is 1. The van der Waals surface area contributed by atoms with Gasteiger partial charge in [-0.2, -0.15) is 0 Å². The van der Waals surface area contributed by atoms with Crippen LogP contribution in [0.1, 0.15) is 97.5 Å². The van der Waals surface area contributed by atoms with Gasteiger partial charge in [0.15, 0.2) is 0 Å². The third-order valence-corrected chi connectivity index (χ3v) is 11.1. The molecule has 0 saturated carbocycles.